The number of hydrogen-bond acceptors (Lipinski definition) is 2. The number of hydrogen-bond donors (Lipinski definition) is 0. The fourth-order valence-corrected chi connectivity index (χ4v) is 3.71. The molecule has 3 rings (SSSR count). The molecule has 1 heterocycles. The summed E-state index contributed by atoms with van der Waals surface area (Å²) in [6.45, 7) is 8.50. The lowest BCUT2D eigenvalue weighted by molar-refractivity contribution is -0.135. The maximum absolute atomic E-state index is 13.0. The number of imidazole rings is 1. The Kier molecular flexibility index (Phi) is 5.47. The number of carbonyl (C=O) groups is 1. The summed E-state index contributed by atoms with van der Waals surface area (Å²) in [5.41, 5.74) is 2.88. The van der Waals surface area contributed by atoms with Crippen molar-refractivity contribution in [2.75, 3.05) is 0 Å². The van der Waals surface area contributed by atoms with Crippen molar-refractivity contribution in [3.05, 3.63) is 53.0 Å². The number of benzene rings is 2. The zero-order valence-corrected chi connectivity index (χ0v) is 17.2. The van der Waals surface area contributed by atoms with Gasteiger partial charge < -0.3 is 9.47 Å². The minimum Gasteiger partial charge on any atom is -0.336 e. The molecule has 26 heavy (non-hydrogen) atoms. The Balaban J connectivity index is 2.07. The second-order valence-corrected chi connectivity index (χ2v) is 7.92. The molecular weight excluding hydrogens is 390 g/mol. The smallest absolute Gasteiger partial charge is 0.243 e. The Morgan fingerprint density at radius 3 is 2.27 bits per heavy atom. The summed E-state index contributed by atoms with van der Waals surface area (Å²) in [6, 6.07) is 16.3. The molecule has 0 aliphatic heterocycles. The van der Waals surface area contributed by atoms with Crippen LogP contribution in [-0.4, -0.2) is 32.4 Å². The average Bonchev–Trinajstić information content (AvgIpc) is 2.93. The van der Waals surface area contributed by atoms with Crippen LogP contribution in [0.3, 0.4) is 0 Å². The lowest BCUT2D eigenvalue weighted by Gasteiger charge is -2.31. The van der Waals surface area contributed by atoms with Crippen LogP contribution in [0.25, 0.3) is 22.4 Å². The molecule has 5 heteroatoms. The maximum atomic E-state index is 13.0. The number of halogens is 1. The molecular formula is C21H24BrN3O. The van der Waals surface area contributed by atoms with Gasteiger partial charge in [-0.3, -0.25) is 4.79 Å². The molecule has 0 atom stereocenters. The highest BCUT2D eigenvalue weighted by molar-refractivity contribution is 9.10. The van der Waals surface area contributed by atoms with Gasteiger partial charge in [-0.25, -0.2) is 4.98 Å². The largest absolute Gasteiger partial charge is 0.336 e. The third-order valence-electron chi connectivity index (χ3n) is 4.45. The van der Waals surface area contributed by atoms with Crippen LogP contribution in [0.5, 0.6) is 0 Å². The van der Waals surface area contributed by atoms with Crippen LogP contribution in [-0.2, 0) is 11.3 Å². The molecule has 0 fully saturated rings. The van der Waals surface area contributed by atoms with Gasteiger partial charge in [0, 0.05) is 22.1 Å². The van der Waals surface area contributed by atoms with Crippen molar-refractivity contribution >= 4 is 32.9 Å². The summed E-state index contributed by atoms with van der Waals surface area (Å²) in [6.07, 6.45) is 0. The van der Waals surface area contributed by atoms with Gasteiger partial charge >= 0.3 is 0 Å². The molecule has 2 aromatic carbocycles. The molecule has 0 bridgehead atoms. The van der Waals surface area contributed by atoms with E-state index in [-0.39, 0.29) is 24.5 Å². The number of para-hydroxylation sites is 2. The van der Waals surface area contributed by atoms with Crippen LogP contribution in [0.2, 0.25) is 0 Å². The standard InChI is InChI=1S/C21H24BrN3O/c1-14(2)25(15(3)4)20(26)13-24-19-8-6-5-7-18(19)23-21(24)16-9-11-17(22)12-10-16/h5-12,14-15H,13H2,1-4H3. The molecule has 0 aliphatic rings. The predicted molar refractivity (Wildman–Crippen MR) is 110 cm³/mol. The SMILES string of the molecule is CC(C)N(C(=O)Cn1c(-c2ccc(Br)cc2)nc2ccccc21)C(C)C. The van der Waals surface area contributed by atoms with Gasteiger partial charge in [-0.05, 0) is 52.0 Å². The van der Waals surface area contributed by atoms with Crippen molar-refractivity contribution in [3.8, 4) is 11.4 Å². The van der Waals surface area contributed by atoms with Crippen molar-refractivity contribution < 1.29 is 4.79 Å². The molecule has 3 aromatic rings. The second-order valence-electron chi connectivity index (χ2n) is 7.01. The number of nitrogens with zero attached hydrogens (tertiary/aromatic N) is 3. The highest BCUT2D eigenvalue weighted by atomic mass is 79.9. The van der Waals surface area contributed by atoms with Gasteiger partial charge in [-0.15, -0.1) is 0 Å². The zero-order valence-electron chi connectivity index (χ0n) is 15.6. The maximum Gasteiger partial charge on any atom is 0.243 e. The first-order chi connectivity index (χ1) is 12.4. The Morgan fingerprint density at radius 1 is 1.04 bits per heavy atom. The van der Waals surface area contributed by atoms with Crippen LogP contribution < -0.4 is 0 Å². The lowest BCUT2D eigenvalue weighted by atomic mass is 10.2. The van der Waals surface area contributed by atoms with Gasteiger partial charge in [0.25, 0.3) is 0 Å². The van der Waals surface area contributed by atoms with Crippen molar-refractivity contribution in [2.45, 2.75) is 46.3 Å². The first-order valence-corrected chi connectivity index (χ1v) is 9.70. The fourth-order valence-electron chi connectivity index (χ4n) is 3.44. The second kappa shape index (κ2) is 7.62. The van der Waals surface area contributed by atoms with E-state index >= 15 is 0 Å². The van der Waals surface area contributed by atoms with E-state index in [0.29, 0.717) is 0 Å². The molecule has 136 valence electrons. The molecule has 1 amide bonds. The number of fused-ring (bicyclic) bond motifs is 1. The summed E-state index contributed by atoms with van der Waals surface area (Å²) < 4.78 is 3.05. The molecule has 1 aromatic heterocycles. The minimum atomic E-state index is 0.108. The Bertz CT molecular complexity index is 905. The summed E-state index contributed by atoms with van der Waals surface area (Å²) in [4.78, 5) is 19.8. The summed E-state index contributed by atoms with van der Waals surface area (Å²) in [7, 11) is 0. The van der Waals surface area contributed by atoms with E-state index in [1.54, 1.807) is 0 Å². The van der Waals surface area contributed by atoms with Gasteiger partial charge in [0.1, 0.15) is 12.4 Å². The van der Waals surface area contributed by atoms with Crippen molar-refractivity contribution in [2.24, 2.45) is 0 Å². The van der Waals surface area contributed by atoms with E-state index < -0.39 is 0 Å². The topological polar surface area (TPSA) is 38.1 Å². The van der Waals surface area contributed by atoms with E-state index in [9.17, 15) is 4.79 Å². The van der Waals surface area contributed by atoms with Gasteiger partial charge in [0.05, 0.1) is 11.0 Å². The summed E-state index contributed by atoms with van der Waals surface area (Å²) >= 11 is 3.47. The molecule has 0 saturated carbocycles. The molecule has 0 spiro atoms. The fraction of sp³-hybridized carbons (Fsp3) is 0.333. The number of carbonyl (C=O) groups excluding carboxylic acids is 1. The number of amides is 1. The van der Waals surface area contributed by atoms with Gasteiger partial charge in [-0.2, -0.15) is 0 Å². The molecule has 0 saturated heterocycles. The average molecular weight is 414 g/mol. The van der Waals surface area contributed by atoms with Crippen LogP contribution in [0.1, 0.15) is 27.7 Å². The summed E-state index contributed by atoms with van der Waals surface area (Å²) in [5, 5.41) is 0. The van der Waals surface area contributed by atoms with Crippen LogP contribution in [0.15, 0.2) is 53.0 Å². The van der Waals surface area contributed by atoms with Crippen LogP contribution >= 0.6 is 15.9 Å². The van der Waals surface area contributed by atoms with E-state index in [4.69, 9.17) is 4.98 Å². The molecule has 0 radical (unpaired) electrons. The van der Waals surface area contributed by atoms with Crippen LogP contribution in [0.4, 0.5) is 0 Å². The van der Waals surface area contributed by atoms with E-state index in [2.05, 4.69) is 43.6 Å². The highest BCUT2D eigenvalue weighted by Gasteiger charge is 2.22. The first-order valence-electron chi connectivity index (χ1n) is 8.91. The Labute approximate surface area is 163 Å². The molecule has 0 N–H and O–H groups in total. The summed E-state index contributed by atoms with van der Waals surface area (Å²) in [5.74, 6) is 0.927. The predicted octanol–water partition coefficient (Wildman–Crippen LogP) is 5.11. The lowest BCUT2D eigenvalue weighted by Crippen LogP contribution is -2.43. The third kappa shape index (κ3) is 3.68. The normalized spacial score (nSPS) is 11.5. The third-order valence-corrected chi connectivity index (χ3v) is 4.98. The number of aromatic nitrogens is 2. The van der Waals surface area contributed by atoms with E-state index in [0.717, 1.165) is 26.9 Å². The van der Waals surface area contributed by atoms with Crippen molar-refractivity contribution in [3.63, 3.8) is 0 Å². The molecule has 4 nitrogen and oxygen atoms in total. The molecule has 0 unspecified atom stereocenters. The van der Waals surface area contributed by atoms with Crippen LogP contribution in [0, 0.1) is 0 Å². The van der Waals surface area contributed by atoms with Gasteiger partial charge in [0.15, 0.2) is 0 Å². The van der Waals surface area contributed by atoms with Gasteiger partial charge in [-0.1, -0.05) is 40.2 Å². The quantitative estimate of drug-likeness (QED) is 0.582. The van der Waals surface area contributed by atoms with E-state index in [1.807, 2.05) is 58.0 Å². The first kappa shape index (κ1) is 18.6. The highest BCUT2D eigenvalue weighted by Crippen LogP contribution is 2.26. The Hall–Kier alpha value is -2.14. The van der Waals surface area contributed by atoms with E-state index in [1.165, 1.54) is 0 Å². The zero-order chi connectivity index (χ0) is 18.8. The molecule has 0 aliphatic carbocycles. The van der Waals surface area contributed by atoms with Crippen molar-refractivity contribution in [1.29, 1.82) is 0 Å². The van der Waals surface area contributed by atoms with Crippen molar-refractivity contribution in [1.82, 2.24) is 14.5 Å². The Morgan fingerprint density at radius 2 is 1.65 bits per heavy atom. The minimum absolute atomic E-state index is 0.108. The number of rotatable bonds is 5. The van der Waals surface area contributed by atoms with Gasteiger partial charge in [0.2, 0.25) is 5.91 Å². The monoisotopic (exact) mass is 413 g/mol.